The van der Waals surface area contributed by atoms with Crippen LogP contribution < -0.4 is 29.2 Å². The molecule has 390 valence electrons. The van der Waals surface area contributed by atoms with Crippen LogP contribution in [-0.4, -0.2) is 76.0 Å². The van der Waals surface area contributed by atoms with E-state index in [0.29, 0.717) is 17.7 Å². The van der Waals surface area contributed by atoms with E-state index in [1.165, 1.54) is 70.7 Å². The quantitative estimate of drug-likeness (QED) is 0.0408. The lowest BCUT2D eigenvalue weighted by Gasteiger charge is -2.24. The highest BCUT2D eigenvalue weighted by Gasteiger charge is 2.41. The van der Waals surface area contributed by atoms with Crippen LogP contribution in [0.2, 0.25) is 0 Å². The van der Waals surface area contributed by atoms with E-state index in [1.54, 1.807) is 6.07 Å². The number of methoxy groups -OCH3 is 3. The Balaban J connectivity index is 0.000000227. The maximum Gasteiger partial charge on any atom is 0.328 e. The SMILES string of the molecule is C.COC(=O)[C@@H]1Cc2ccc([N+](=O)[O-])cc2N1.COc1cc(C(=O)Cl)c([N+](=O)[O-])cc1OCc1ccccc1.COc1cc(C(=O)N2c3cc([N+](=O)[O-])ccc3C[C@H]2C(C)=O)c([N+](=O)[O-])cc1OCc1ccccc1. The Morgan fingerprint density at radius 2 is 1.09 bits per heavy atom. The standard InChI is InChI=1S/C25H21N3O8.C15H12ClNO5.C10H10N2O4.CH4/c1-15(29)20-10-17-8-9-18(27(31)32)11-21(17)26(20)25(30)19-12-23(35-2)24(13-22(19)28(33)34)36-14-16-6-4-3-5-7-16;1-21-13-7-11(15(16)18)12(17(19)20)8-14(13)22-9-10-5-3-2-4-6-10;1-16-10(13)9-4-6-2-3-7(12(14)15)5-8(6)11-9;/h3-9,11-13,20H,10,14H2,1-2H3;2-8H,9H2,1H3;2-3,5,9,11H,4H2,1H3;1H4/t20-;;9-;/m0.0./s1. The van der Waals surface area contributed by atoms with E-state index in [-0.39, 0.29) is 90.0 Å². The highest BCUT2D eigenvalue weighted by molar-refractivity contribution is 6.68. The molecule has 0 saturated carbocycles. The number of Topliss-reactive ketones (excluding diaryl/α,β-unsaturated/α-hetero) is 1. The van der Waals surface area contributed by atoms with Gasteiger partial charge in [-0.15, -0.1) is 0 Å². The monoisotopic (exact) mass is 1050 g/mol. The van der Waals surface area contributed by atoms with Crippen molar-refractivity contribution < 1.29 is 62.6 Å². The van der Waals surface area contributed by atoms with Gasteiger partial charge in [0, 0.05) is 54.9 Å². The lowest BCUT2D eigenvalue weighted by Crippen LogP contribution is -2.42. The largest absolute Gasteiger partial charge is 0.493 e. The van der Waals surface area contributed by atoms with E-state index in [2.05, 4.69) is 10.1 Å². The number of ether oxygens (including phenoxy) is 5. The molecule has 23 nitrogen and oxygen atoms in total. The van der Waals surface area contributed by atoms with Gasteiger partial charge in [-0.1, -0.05) is 80.2 Å². The van der Waals surface area contributed by atoms with Crippen molar-refractivity contribution in [3.05, 3.63) is 195 Å². The molecule has 6 aromatic carbocycles. The molecule has 0 unspecified atom stereocenters. The zero-order valence-corrected chi connectivity index (χ0v) is 40.3. The normalized spacial score (nSPS) is 13.5. The van der Waals surface area contributed by atoms with Crippen molar-refractivity contribution in [3.63, 3.8) is 0 Å². The summed E-state index contributed by atoms with van der Waals surface area (Å²) in [5.74, 6) is -1.07. The second-order valence-electron chi connectivity index (χ2n) is 16.0. The molecule has 0 bridgehead atoms. The molecule has 75 heavy (non-hydrogen) atoms. The Bertz CT molecular complexity index is 3160. The van der Waals surface area contributed by atoms with Gasteiger partial charge in [0.25, 0.3) is 33.9 Å². The van der Waals surface area contributed by atoms with Gasteiger partial charge in [-0.05, 0) is 40.8 Å². The number of carbonyl (C=O) groups is 4. The predicted octanol–water partition coefficient (Wildman–Crippen LogP) is 9.55. The van der Waals surface area contributed by atoms with E-state index < -0.39 is 54.3 Å². The number of anilines is 2. The third-order valence-corrected chi connectivity index (χ3v) is 11.6. The zero-order chi connectivity index (χ0) is 53.8. The van der Waals surface area contributed by atoms with Gasteiger partial charge in [0.15, 0.2) is 28.8 Å². The van der Waals surface area contributed by atoms with E-state index in [0.717, 1.165) is 33.7 Å². The van der Waals surface area contributed by atoms with E-state index in [9.17, 15) is 59.6 Å². The van der Waals surface area contributed by atoms with Crippen LogP contribution in [0.5, 0.6) is 23.0 Å². The number of benzene rings is 6. The van der Waals surface area contributed by atoms with Crippen LogP contribution in [0.1, 0.15) is 57.3 Å². The Morgan fingerprint density at radius 1 is 0.613 bits per heavy atom. The number of esters is 1. The molecule has 2 aliphatic rings. The number of hydrogen-bond donors (Lipinski definition) is 1. The van der Waals surface area contributed by atoms with Crippen molar-refractivity contribution in [2.45, 2.75) is 52.5 Å². The number of non-ortho nitro benzene ring substituents is 2. The van der Waals surface area contributed by atoms with Gasteiger partial charge in [0.2, 0.25) is 0 Å². The molecule has 6 aromatic rings. The van der Waals surface area contributed by atoms with Gasteiger partial charge in [0.05, 0.1) is 64.9 Å². The fraction of sp³-hybridized carbons (Fsp3) is 0.216. The molecule has 0 aliphatic carbocycles. The van der Waals surface area contributed by atoms with Crippen molar-refractivity contribution in [2.24, 2.45) is 0 Å². The Labute approximate surface area is 432 Å². The number of hydrogen-bond acceptors (Lipinski definition) is 18. The maximum absolute atomic E-state index is 13.7. The Kier molecular flexibility index (Phi) is 19.0. The van der Waals surface area contributed by atoms with Gasteiger partial charge in [-0.2, -0.15) is 0 Å². The summed E-state index contributed by atoms with van der Waals surface area (Å²) in [5, 5.41) is 46.8. The van der Waals surface area contributed by atoms with Gasteiger partial charge in [-0.25, -0.2) is 4.79 Å². The average molecular weight is 1050 g/mol. The van der Waals surface area contributed by atoms with Crippen LogP contribution in [-0.2, 0) is 40.4 Å². The summed E-state index contributed by atoms with van der Waals surface area (Å²) < 4.78 is 26.3. The van der Waals surface area contributed by atoms with Crippen molar-refractivity contribution >= 4 is 68.6 Å². The van der Waals surface area contributed by atoms with Crippen LogP contribution in [0, 0.1) is 40.5 Å². The third-order valence-electron chi connectivity index (χ3n) is 11.4. The molecular formula is C51H47ClN6O17. The number of ketones is 1. The van der Waals surface area contributed by atoms with Gasteiger partial charge >= 0.3 is 5.97 Å². The second-order valence-corrected chi connectivity index (χ2v) is 16.3. The molecule has 0 spiro atoms. The summed E-state index contributed by atoms with van der Waals surface area (Å²) in [7, 11) is 4.02. The fourth-order valence-corrected chi connectivity index (χ4v) is 7.87. The van der Waals surface area contributed by atoms with Crippen molar-refractivity contribution in [1.29, 1.82) is 0 Å². The second kappa shape index (κ2) is 25.2. The Morgan fingerprint density at radius 3 is 1.55 bits per heavy atom. The predicted molar refractivity (Wildman–Crippen MR) is 272 cm³/mol. The third kappa shape index (κ3) is 13.5. The van der Waals surface area contributed by atoms with E-state index in [4.69, 9.17) is 30.5 Å². The molecule has 0 fully saturated rings. The molecule has 0 radical (unpaired) electrons. The summed E-state index contributed by atoms with van der Waals surface area (Å²) in [6.07, 6.45) is 0.637. The van der Waals surface area contributed by atoms with Crippen LogP contribution in [0.4, 0.5) is 34.1 Å². The smallest absolute Gasteiger partial charge is 0.328 e. The van der Waals surface area contributed by atoms with Crippen molar-refractivity contribution in [1.82, 2.24) is 0 Å². The summed E-state index contributed by atoms with van der Waals surface area (Å²) in [6, 6.07) is 30.1. The topological polar surface area (TPSA) is 302 Å². The summed E-state index contributed by atoms with van der Waals surface area (Å²) in [4.78, 5) is 92.1. The minimum absolute atomic E-state index is 0. The molecule has 0 aromatic heterocycles. The maximum atomic E-state index is 13.7. The molecular weight excluding hydrogens is 1000 g/mol. The van der Waals surface area contributed by atoms with Crippen molar-refractivity contribution in [2.75, 3.05) is 31.5 Å². The number of nitrogens with one attached hydrogen (secondary N) is 1. The number of fused-ring (bicyclic) bond motifs is 2. The van der Waals surface area contributed by atoms with Crippen LogP contribution in [0.15, 0.2) is 121 Å². The number of nitrogens with zero attached hydrogens (tertiary/aromatic N) is 5. The lowest BCUT2D eigenvalue weighted by molar-refractivity contribution is -0.385. The van der Waals surface area contributed by atoms with Crippen molar-refractivity contribution in [3.8, 4) is 23.0 Å². The number of amides is 1. The van der Waals surface area contributed by atoms with E-state index in [1.807, 2.05) is 60.7 Å². The number of rotatable bonds is 16. The molecule has 0 saturated heterocycles. The lowest BCUT2D eigenvalue weighted by atomic mass is 10.1. The van der Waals surface area contributed by atoms with Crippen LogP contribution in [0.3, 0.4) is 0 Å². The molecule has 24 heteroatoms. The molecule has 2 heterocycles. The average Bonchev–Trinajstić information content (AvgIpc) is 4.01. The first kappa shape index (κ1) is 56.4. The first-order chi connectivity index (χ1) is 35.3. The summed E-state index contributed by atoms with van der Waals surface area (Å²) >= 11 is 5.37. The summed E-state index contributed by atoms with van der Waals surface area (Å²) in [5.41, 5.74) is 2.12. The highest BCUT2D eigenvalue weighted by atomic mass is 35.5. The fourth-order valence-electron chi connectivity index (χ4n) is 7.71. The van der Waals surface area contributed by atoms with Gasteiger partial charge in [0.1, 0.15) is 30.4 Å². The number of halogens is 1. The minimum atomic E-state index is -0.964. The van der Waals surface area contributed by atoms with Crippen LogP contribution >= 0.6 is 11.6 Å². The Hall–Kier alpha value is -9.51. The molecule has 8 rings (SSSR count). The molecule has 2 atom stereocenters. The molecule has 1 amide bonds. The number of nitro groups is 4. The summed E-state index contributed by atoms with van der Waals surface area (Å²) in [6.45, 7) is 1.61. The van der Waals surface area contributed by atoms with Crippen LogP contribution in [0.25, 0.3) is 0 Å². The first-order valence-electron chi connectivity index (χ1n) is 21.8. The molecule has 1 N–H and O–H groups in total. The molecule has 2 aliphatic heterocycles. The number of nitro benzene ring substituents is 4. The van der Waals surface area contributed by atoms with Gasteiger partial charge < -0.3 is 29.0 Å². The van der Waals surface area contributed by atoms with Gasteiger partial charge in [-0.3, -0.25) is 59.7 Å². The minimum Gasteiger partial charge on any atom is -0.493 e. The first-order valence-corrected chi connectivity index (χ1v) is 22.2. The number of carbonyl (C=O) groups excluding carboxylic acids is 4. The highest BCUT2D eigenvalue weighted by Crippen LogP contribution is 2.41. The van der Waals surface area contributed by atoms with E-state index >= 15 is 0 Å². The zero-order valence-electron chi connectivity index (χ0n) is 39.6.